The third-order valence-electron chi connectivity index (χ3n) is 7.81. The van der Waals surface area contributed by atoms with Gasteiger partial charge in [0, 0.05) is 55.4 Å². The number of H-pyrrole nitrogens is 1. The minimum atomic E-state index is 0.0271. The lowest BCUT2D eigenvalue weighted by atomic mass is 10.1. The van der Waals surface area contributed by atoms with Crippen molar-refractivity contribution in [1.29, 1.82) is 0 Å². The first-order valence-corrected chi connectivity index (χ1v) is 13.5. The Kier molecular flexibility index (Phi) is 6.82. The fourth-order valence-corrected chi connectivity index (χ4v) is 5.53. The van der Waals surface area contributed by atoms with Crippen LogP contribution in [-0.2, 0) is 4.74 Å². The van der Waals surface area contributed by atoms with Gasteiger partial charge in [-0.3, -0.25) is 14.8 Å². The highest BCUT2D eigenvalue weighted by molar-refractivity contribution is 5.95. The van der Waals surface area contributed by atoms with Gasteiger partial charge in [0.2, 0.25) is 0 Å². The van der Waals surface area contributed by atoms with E-state index in [0.29, 0.717) is 43.6 Å². The van der Waals surface area contributed by atoms with E-state index in [1.165, 1.54) is 5.69 Å². The molecule has 2 aliphatic heterocycles. The molecule has 198 valence electrons. The van der Waals surface area contributed by atoms with Crippen molar-refractivity contribution >= 4 is 22.5 Å². The second-order valence-electron chi connectivity index (χ2n) is 9.94. The van der Waals surface area contributed by atoms with Gasteiger partial charge < -0.3 is 14.5 Å². The van der Waals surface area contributed by atoms with Crippen LogP contribution in [0.2, 0.25) is 0 Å². The lowest BCUT2D eigenvalue weighted by Crippen LogP contribution is -2.52. The zero-order valence-corrected chi connectivity index (χ0v) is 22.0. The molecule has 1 amide bonds. The number of nitrogens with zero attached hydrogens (tertiary/aromatic N) is 7. The summed E-state index contributed by atoms with van der Waals surface area (Å²) in [6.07, 6.45) is 3.03. The summed E-state index contributed by atoms with van der Waals surface area (Å²) in [4.78, 5) is 19.6. The highest BCUT2D eigenvalue weighted by atomic mass is 16.5. The second kappa shape index (κ2) is 10.5. The molecule has 1 atom stereocenters. The number of likely N-dealkylation sites (N-methyl/N-ethyl adjacent to an activating group) is 1. The normalized spacial score (nSPS) is 18.8. The quantitative estimate of drug-likeness (QED) is 0.422. The summed E-state index contributed by atoms with van der Waals surface area (Å²) in [5, 5.41) is 17.5. The Morgan fingerprint density at radius 3 is 2.58 bits per heavy atom. The van der Waals surface area contributed by atoms with Gasteiger partial charge in [0.25, 0.3) is 5.91 Å². The van der Waals surface area contributed by atoms with Crippen LogP contribution in [0, 0.1) is 0 Å². The van der Waals surface area contributed by atoms with Crippen LogP contribution in [0.1, 0.15) is 30.6 Å². The fourth-order valence-electron chi connectivity index (χ4n) is 5.53. The van der Waals surface area contributed by atoms with Gasteiger partial charge in [0.1, 0.15) is 11.4 Å². The lowest BCUT2D eigenvalue weighted by Gasteiger charge is -2.41. The molecular weight excluding hydrogens is 480 g/mol. The number of rotatable bonds is 6. The molecule has 1 unspecified atom stereocenters. The third-order valence-corrected chi connectivity index (χ3v) is 7.81. The molecule has 0 aliphatic carbocycles. The van der Waals surface area contributed by atoms with E-state index < -0.39 is 0 Å². The maximum Gasteiger partial charge on any atom is 0.254 e. The van der Waals surface area contributed by atoms with E-state index >= 15 is 0 Å². The van der Waals surface area contributed by atoms with Crippen molar-refractivity contribution < 1.29 is 9.53 Å². The molecule has 10 heteroatoms. The van der Waals surface area contributed by atoms with Gasteiger partial charge in [-0.1, -0.05) is 19.1 Å². The van der Waals surface area contributed by atoms with Gasteiger partial charge in [-0.2, -0.15) is 5.10 Å². The molecule has 2 saturated heterocycles. The van der Waals surface area contributed by atoms with Gasteiger partial charge in [0.05, 0.1) is 30.6 Å². The van der Waals surface area contributed by atoms with Crippen molar-refractivity contribution in [1.82, 2.24) is 35.0 Å². The zero-order chi connectivity index (χ0) is 26.1. The molecule has 38 heavy (non-hydrogen) atoms. The van der Waals surface area contributed by atoms with Crippen LogP contribution in [0.25, 0.3) is 28.0 Å². The van der Waals surface area contributed by atoms with Crippen LogP contribution in [0.4, 0.5) is 5.69 Å². The summed E-state index contributed by atoms with van der Waals surface area (Å²) in [5.74, 6) is 0.0271. The molecule has 4 heterocycles. The molecule has 4 aromatic rings. The molecule has 1 N–H and O–H groups in total. The molecule has 6 rings (SSSR count). The maximum atomic E-state index is 12.8. The number of nitrogens with one attached hydrogen (secondary N) is 1. The number of piperazine rings is 1. The Bertz CT molecular complexity index is 1410. The molecule has 0 saturated carbocycles. The summed E-state index contributed by atoms with van der Waals surface area (Å²) in [6, 6.07) is 14.5. The Balaban J connectivity index is 1.22. The van der Waals surface area contributed by atoms with Gasteiger partial charge in [-0.15, -0.1) is 5.10 Å². The Morgan fingerprint density at radius 1 is 1.03 bits per heavy atom. The lowest BCUT2D eigenvalue weighted by molar-refractivity contribution is 0.0303. The number of carbonyl (C=O) groups excluding carboxylic acids is 1. The SMILES string of the molecule is CCC1CN(c2ccc3[nH]nc(-c4cn(-c5ccc(C(=O)N6CCOCC6)cc5)nn4)c3c2)CCN1CC. The number of aromatic nitrogens is 5. The van der Waals surface area contributed by atoms with Crippen molar-refractivity contribution in [3.63, 3.8) is 0 Å². The smallest absolute Gasteiger partial charge is 0.254 e. The van der Waals surface area contributed by atoms with E-state index in [2.05, 4.69) is 62.4 Å². The molecule has 2 aromatic carbocycles. The van der Waals surface area contributed by atoms with Gasteiger partial charge in [-0.25, -0.2) is 4.68 Å². The summed E-state index contributed by atoms with van der Waals surface area (Å²) in [7, 11) is 0. The zero-order valence-electron chi connectivity index (χ0n) is 22.0. The Morgan fingerprint density at radius 2 is 1.82 bits per heavy atom. The molecule has 2 fully saturated rings. The second-order valence-corrected chi connectivity index (χ2v) is 9.94. The first-order valence-electron chi connectivity index (χ1n) is 13.5. The minimum Gasteiger partial charge on any atom is -0.378 e. The van der Waals surface area contributed by atoms with E-state index in [1.54, 1.807) is 4.68 Å². The monoisotopic (exact) mass is 514 g/mol. The van der Waals surface area contributed by atoms with Crippen LogP contribution in [0.5, 0.6) is 0 Å². The topological polar surface area (TPSA) is 95.4 Å². The molecule has 10 nitrogen and oxygen atoms in total. The van der Waals surface area contributed by atoms with E-state index in [-0.39, 0.29) is 5.91 Å². The predicted molar refractivity (Wildman–Crippen MR) is 147 cm³/mol. The summed E-state index contributed by atoms with van der Waals surface area (Å²) < 4.78 is 7.07. The molecule has 0 spiro atoms. The number of hydrogen-bond donors (Lipinski definition) is 1. The van der Waals surface area contributed by atoms with Crippen LogP contribution < -0.4 is 4.90 Å². The van der Waals surface area contributed by atoms with Crippen molar-refractivity contribution in [2.24, 2.45) is 0 Å². The maximum absolute atomic E-state index is 12.8. The number of fused-ring (bicyclic) bond motifs is 1. The number of anilines is 1. The largest absolute Gasteiger partial charge is 0.378 e. The number of carbonyl (C=O) groups is 1. The average Bonchev–Trinajstić information content (AvgIpc) is 3.64. The van der Waals surface area contributed by atoms with E-state index in [1.807, 2.05) is 35.4 Å². The van der Waals surface area contributed by atoms with Crippen LogP contribution in [-0.4, -0.2) is 99.4 Å². The number of morpholine rings is 1. The van der Waals surface area contributed by atoms with Gasteiger partial charge in [0.15, 0.2) is 0 Å². The molecule has 0 bridgehead atoms. The molecule has 2 aromatic heterocycles. The van der Waals surface area contributed by atoms with E-state index in [0.717, 1.165) is 54.9 Å². The standard InChI is InChI=1S/C28H34N8O2/c1-3-21-18-35(12-11-33(21)4-2)23-9-10-25-24(17-23)27(31-29-25)26-19-36(32-30-26)22-7-5-20(6-8-22)28(37)34-13-15-38-16-14-34/h5-10,17,19,21H,3-4,11-16,18H2,1-2H3,(H,29,31). The number of hydrogen-bond acceptors (Lipinski definition) is 7. The number of aromatic amines is 1. The molecular formula is C28H34N8O2. The van der Waals surface area contributed by atoms with Gasteiger partial charge >= 0.3 is 0 Å². The van der Waals surface area contributed by atoms with Crippen LogP contribution in [0.15, 0.2) is 48.7 Å². The first-order chi connectivity index (χ1) is 18.6. The summed E-state index contributed by atoms with van der Waals surface area (Å²) >= 11 is 0. The van der Waals surface area contributed by atoms with Crippen LogP contribution in [0.3, 0.4) is 0 Å². The summed E-state index contributed by atoms with van der Waals surface area (Å²) in [5.41, 5.74) is 5.16. The van der Waals surface area contributed by atoms with E-state index in [4.69, 9.17) is 4.74 Å². The van der Waals surface area contributed by atoms with Gasteiger partial charge in [-0.05, 0) is 55.4 Å². The van der Waals surface area contributed by atoms with E-state index in [9.17, 15) is 4.79 Å². The number of ether oxygens (including phenoxy) is 1. The molecule has 0 radical (unpaired) electrons. The highest BCUT2D eigenvalue weighted by Gasteiger charge is 2.25. The number of benzene rings is 2. The predicted octanol–water partition coefficient (Wildman–Crippen LogP) is 3.20. The van der Waals surface area contributed by atoms with Crippen molar-refractivity contribution in [3.8, 4) is 17.1 Å². The highest BCUT2D eigenvalue weighted by Crippen LogP contribution is 2.30. The Labute approximate surface area is 222 Å². The third kappa shape index (κ3) is 4.65. The fraction of sp³-hybridized carbons (Fsp3) is 0.429. The van der Waals surface area contributed by atoms with Crippen molar-refractivity contribution in [2.45, 2.75) is 26.3 Å². The Hall–Kier alpha value is -3.76. The molecule has 2 aliphatic rings. The van der Waals surface area contributed by atoms with Crippen molar-refractivity contribution in [3.05, 3.63) is 54.2 Å². The van der Waals surface area contributed by atoms with Crippen molar-refractivity contribution in [2.75, 3.05) is 57.4 Å². The minimum absolute atomic E-state index is 0.0271. The summed E-state index contributed by atoms with van der Waals surface area (Å²) in [6.45, 7) is 11.2. The van der Waals surface area contributed by atoms with Crippen LogP contribution >= 0.6 is 0 Å². The number of amides is 1. The first kappa shape index (κ1) is 24.6. The average molecular weight is 515 g/mol.